The number of halogens is 2. The van der Waals surface area contributed by atoms with Crippen molar-refractivity contribution in [2.75, 3.05) is 5.32 Å². The minimum atomic E-state index is -0.0901. The molecule has 0 aromatic heterocycles. The summed E-state index contributed by atoms with van der Waals surface area (Å²) in [5.74, 6) is -0.0217. The van der Waals surface area contributed by atoms with Crippen LogP contribution >= 0.6 is 23.2 Å². The molecule has 1 aromatic rings. The highest BCUT2D eigenvalue weighted by Crippen LogP contribution is 2.31. The molecule has 2 amide bonds. The predicted molar refractivity (Wildman–Crippen MR) is 98.4 cm³/mol. The minimum absolute atomic E-state index is 0.0119. The fourth-order valence-corrected chi connectivity index (χ4v) is 3.25. The lowest BCUT2D eigenvalue weighted by Gasteiger charge is -2.28. The van der Waals surface area contributed by atoms with Gasteiger partial charge in [-0.3, -0.25) is 9.59 Å². The largest absolute Gasteiger partial charge is 0.353 e. The molecule has 1 aliphatic carbocycles. The average Bonchev–Trinajstić information content (AvgIpc) is 2.58. The molecule has 2 N–H and O–H groups in total. The molecule has 0 spiro atoms. The smallest absolute Gasteiger partial charge is 0.227 e. The Labute approximate surface area is 153 Å². The molecule has 132 valence electrons. The van der Waals surface area contributed by atoms with Crippen LogP contribution in [0.25, 0.3) is 0 Å². The van der Waals surface area contributed by atoms with E-state index in [2.05, 4.69) is 10.6 Å². The molecule has 24 heavy (non-hydrogen) atoms. The van der Waals surface area contributed by atoms with Gasteiger partial charge in [0.05, 0.1) is 10.7 Å². The molecular weight excluding hydrogens is 347 g/mol. The molecule has 1 unspecified atom stereocenters. The molecule has 4 nitrogen and oxygen atoms in total. The SMILES string of the molecule is CCC(C)NC(=O)C1CCC(C(=O)Nc2cc(Cl)ccc2Cl)CC1. The zero-order chi connectivity index (χ0) is 17.7. The van der Waals surface area contributed by atoms with Gasteiger partial charge in [0.15, 0.2) is 0 Å². The van der Waals surface area contributed by atoms with Gasteiger partial charge in [-0.15, -0.1) is 0 Å². The molecule has 1 aliphatic rings. The van der Waals surface area contributed by atoms with Crippen LogP contribution in [0, 0.1) is 11.8 Å². The quantitative estimate of drug-likeness (QED) is 0.791. The van der Waals surface area contributed by atoms with Crippen molar-refractivity contribution in [3.8, 4) is 0 Å². The summed E-state index contributed by atoms with van der Waals surface area (Å²) in [7, 11) is 0. The minimum Gasteiger partial charge on any atom is -0.353 e. The lowest BCUT2D eigenvalue weighted by Crippen LogP contribution is -2.39. The van der Waals surface area contributed by atoms with Crippen LogP contribution in [0.5, 0.6) is 0 Å². The number of anilines is 1. The van der Waals surface area contributed by atoms with E-state index in [1.807, 2.05) is 13.8 Å². The van der Waals surface area contributed by atoms with Gasteiger partial charge in [-0.1, -0.05) is 30.1 Å². The Bertz CT molecular complexity index is 599. The summed E-state index contributed by atoms with van der Waals surface area (Å²) in [4.78, 5) is 24.6. The van der Waals surface area contributed by atoms with Crippen LogP contribution in [0.1, 0.15) is 46.0 Å². The van der Waals surface area contributed by atoms with Crippen LogP contribution in [-0.2, 0) is 9.59 Å². The van der Waals surface area contributed by atoms with Gasteiger partial charge >= 0.3 is 0 Å². The van der Waals surface area contributed by atoms with E-state index >= 15 is 0 Å². The summed E-state index contributed by atoms with van der Waals surface area (Å²) in [6.45, 7) is 4.05. The molecule has 1 fully saturated rings. The van der Waals surface area contributed by atoms with Gasteiger partial charge in [-0.05, 0) is 57.2 Å². The van der Waals surface area contributed by atoms with Crippen molar-refractivity contribution < 1.29 is 9.59 Å². The standard InChI is InChI=1S/C18H24Cl2N2O2/c1-3-11(2)21-17(23)12-4-6-13(7-5-12)18(24)22-16-10-14(19)8-9-15(16)20/h8-13H,3-7H2,1-2H3,(H,21,23)(H,22,24). The molecular formula is C18H24Cl2N2O2. The number of carbonyl (C=O) groups is 2. The van der Waals surface area contributed by atoms with Gasteiger partial charge in [0.2, 0.25) is 11.8 Å². The molecule has 0 bridgehead atoms. The van der Waals surface area contributed by atoms with Crippen molar-refractivity contribution in [2.45, 2.75) is 52.0 Å². The summed E-state index contributed by atoms with van der Waals surface area (Å²) in [5, 5.41) is 6.87. The summed E-state index contributed by atoms with van der Waals surface area (Å²) < 4.78 is 0. The molecule has 0 radical (unpaired) electrons. The number of hydrogen-bond donors (Lipinski definition) is 2. The van der Waals surface area contributed by atoms with Crippen molar-refractivity contribution in [3.05, 3.63) is 28.2 Å². The van der Waals surface area contributed by atoms with Crippen molar-refractivity contribution >= 4 is 40.7 Å². The summed E-state index contributed by atoms with van der Waals surface area (Å²) >= 11 is 12.0. The number of amides is 2. The third-order valence-electron chi connectivity index (χ3n) is 4.66. The molecule has 0 aliphatic heterocycles. The van der Waals surface area contributed by atoms with Gasteiger partial charge in [-0.2, -0.15) is 0 Å². The van der Waals surface area contributed by atoms with E-state index in [4.69, 9.17) is 23.2 Å². The summed E-state index contributed by atoms with van der Waals surface area (Å²) in [6, 6.07) is 5.19. The fraction of sp³-hybridized carbons (Fsp3) is 0.556. The first-order chi connectivity index (χ1) is 11.4. The lowest BCUT2D eigenvalue weighted by atomic mass is 9.81. The Kier molecular flexibility index (Phi) is 6.93. The van der Waals surface area contributed by atoms with Crippen LogP contribution in [0.4, 0.5) is 5.69 Å². The Morgan fingerprint density at radius 3 is 2.29 bits per heavy atom. The monoisotopic (exact) mass is 370 g/mol. The molecule has 0 saturated heterocycles. The third-order valence-corrected chi connectivity index (χ3v) is 5.22. The number of benzene rings is 1. The summed E-state index contributed by atoms with van der Waals surface area (Å²) in [5.41, 5.74) is 0.533. The third kappa shape index (κ3) is 5.12. The van der Waals surface area contributed by atoms with Crippen molar-refractivity contribution in [2.24, 2.45) is 11.8 Å². The van der Waals surface area contributed by atoms with Gasteiger partial charge in [0.25, 0.3) is 0 Å². The van der Waals surface area contributed by atoms with Crippen LogP contribution in [0.2, 0.25) is 10.0 Å². The molecule has 2 rings (SSSR count). The molecule has 1 atom stereocenters. The Hall–Kier alpha value is -1.26. The van der Waals surface area contributed by atoms with E-state index in [1.165, 1.54) is 0 Å². The van der Waals surface area contributed by atoms with Gasteiger partial charge in [-0.25, -0.2) is 0 Å². The normalized spacial score (nSPS) is 21.8. The van der Waals surface area contributed by atoms with Crippen molar-refractivity contribution in [1.82, 2.24) is 5.32 Å². The zero-order valence-corrected chi connectivity index (χ0v) is 15.6. The highest BCUT2D eigenvalue weighted by Gasteiger charge is 2.30. The molecule has 6 heteroatoms. The van der Waals surface area contributed by atoms with Crippen LogP contribution in [0.15, 0.2) is 18.2 Å². The maximum absolute atomic E-state index is 12.4. The molecule has 1 aromatic carbocycles. The maximum atomic E-state index is 12.4. The van der Waals surface area contributed by atoms with Crippen LogP contribution in [0.3, 0.4) is 0 Å². The first kappa shape index (κ1) is 19.1. The Morgan fingerprint density at radius 2 is 1.71 bits per heavy atom. The predicted octanol–water partition coefficient (Wildman–Crippen LogP) is 4.65. The number of hydrogen-bond acceptors (Lipinski definition) is 2. The summed E-state index contributed by atoms with van der Waals surface area (Å²) in [6.07, 6.45) is 3.82. The van der Waals surface area contributed by atoms with Gasteiger partial charge < -0.3 is 10.6 Å². The van der Waals surface area contributed by atoms with Gasteiger partial charge in [0.1, 0.15) is 0 Å². The second-order valence-corrected chi connectivity index (χ2v) is 7.32. The van der Waals surface area contributed by atoms with Crippen LogP contribution in [-0.4, -0.2) is 17.9 Å². The van der Waals surface area contributed by atoms with E-state index in [9.17, 15) is 9.59 Å². The molecule has 0 heterocycles. The fourth-order valence-electron chi connectivity index (χ4n) is 2.91. The average molecular weight is 371 g/mol. The number of nitrogens with one attached hydrogen (secondary N) is 2. The zero-order valence-electron chi connectivity index (χ0n) is 14.1. The first-order valence-electron chi connectivity index (χ1n) is 8.47. The van der Waals surface area contributed by atoms with Crippen LogP contribution < -0.4 is 10.6 Å². The lowest BCUT2D eigenvalue weighted by molar-refractivity contribution is -0.129. The van der Waals surface area contributed by atoms with Crippen molar-refractivity contribution in [3.63, 3.8) is 0 Å². The first-order valence-corrected chi connectivity index (χ1v) is 9.22. The number of rotatable bonds is 5. The Morgan fingerprint density at radius 1 is 1.12 bits per heavy atom. The van der Waals surface area contributed by atoms with E-state index in [-0.39, 0.29) is 29.7 Å². The van der Waals surface area contributed by atoms with Gasteiger partial charge in [0, 0.05) is 22.9 Å². The van der Waals surface area contributed by atoms with E-state index in [0.29, 0.717) is 28.6 Å². The van der Waals surface area contributed by atoms with E-state index in [1.54, 1.807) is 18.2 Å². The highest BCUT2D eigenvalue weighted by atomic mass is 35.5. The topological polar surface area (TPSA) is 58.2 Å². The maximum Gasteiger partial charge on any atom is 0.227 e. The Balaban J connectivity index is 1.86. The number of carbonyl (C=O) groups excluding carboxylic acids is 2. The highest BCUT2D eigenvalue weighted by molar-refractivity contribution is 6.35. The van der Waals surface area contributed by atoms with E-state index < -0.39 is 0 Å². The van der Waals surface area contributed by atoms with Crippen molar-refractivity contribution in [1.29, 1.82) is 0 Å². The molecule has 1 saturated carbocycles. The second-order valence-electron chi connectivity index (χ2n) is 6.48. The van der Waals surface area contributed by atoms with E-state index in [0.717, 1.165) is 19.3 Å². The second kappa shape index (κ2) is 8.72.